The predicted octanol–water partition coefficient (Wildman–Crippen LogP) is 7.04. The fourth-order valence-electron chi connectivity index (χ4n) is 8.79. The van der Waals surface area contributed by atoms with E-state index in [4.69, 9.17) is 4.74 Å². The number of ether oxygens (including phenoxy) is 1. The second-order valence-electron chi connectivity index (χ2n) is 12.8. The molecule has 3 nitrogen and oxygen atoms in total. The van der Waals surface area contributed by atoms with Gasteiger partial charge in [0, 0.05) is 0 Å². The maximum atomic E-state index is 12.7. The number of rotatable bonds is 3. The topological polar surface area (TPSA) is 46.5 Å². The number of aromatic hydroxyl groups is 1. The van der Waals surface area contributed by atoms with Gasteiger partial charge in [-0.25, -0.2) is 4.79 Å². The lowest BCUT2D eigenvalue weighted by Crippen LogP contribution is -2.32. The van der Waals surface area contributed by atoms with Crippen molar-refractivity contribution in [3.05, 3.63) is 28.8 Å². The average Bonchev–Trinajstić information content (AvgIpc) is 3.24. The van der Waals surface area contributed by atoms with Crippen LogP contribution in [0.2, 0.25) is 0 Å². The summed E-state index contributed by atoms with van der Waals surface area (Å²) in [6.45, 7) is 14.5. The van der Waals surface area contributed by atoms with Crippen LogP contribution in [0.3, 0.4) is 0 Å². The first-order valence-electron chi connectivity index (χ1n) is 12.3. The van der Waals surface area contributed by atoms with E-state index >= 15 is 0 Å². The number of benzene rings is 1. The van der Waals surface area contributed by atoms with E-state index in [0.717, 1.165) is 24.0 Å². The molecule has 4 saturated carbocycles. The summed E-state index contributed by atoms with van der Waals surface area (Å²) in [5, 5.41) is 11.8. The molecule has 4 aliphatic rings. The van der Waals surface area contributed by atoms with Gasteiger partial charge in [0.25, 0.3) is 0 Å². The van der Waals surface area contributed by atoms with Crippen molar-refractivity contribution in [3.63, 3.8) is 0 Å². The van der Waals surface area contributed by atoms with E-state index < -0.39 is 0 Å². The van der Waals surface area contributed by atoms with Gasteiger partial charge in [-0.05, 0) is 107 Å². The molecule has 0 amide bonds. The van der Waals surface area contributed by atoms with Gasteiger partial charge in [-0.3, -0.25) is 0 Å². The molecule has 4 aliphatic carbocycles. The monoisotopic (exact) mass is 424 g/mol. The zero-order valence-electron chi connectivity index (χ0n) is 20.5. The Bertz CT molecular complexity index is 879. The number of phenolic OH excluding ortho intramolecular Hbond substituents is 1. The number of carbonyl (C=O) groups is 1. The summed E-state index contributed by atoms with van der Waals surface area (Å²) in [4.78, 5) is 12.7. The van der Waals surface area contributed by atoms with Crippen molar-refractivity contribution in [2.24, 2.45) is 33.5 Å². The third kappa shape index (κ3) is 2.44. The predicted molar refractivity (Wildman–Crippen MR) is 123 cm³/mol. The molecule has 31 heavy (non-hydrogen) atoms. The van der Waals surface area contributed by atoms with Crippen LogP contribution in [0.4, 0.5) is 0 Å². The normalized spacial score (nSPS) is 41.6. The summed E-state index contributed by atoms with van der Waals surface area (Å²) in [6.07, 6.45) is 7.17. The third-order valence-electron chi connectivity index (χ3n) is 11.9. The van der Waals surface area contributed by atoms with E-state index in [1.165, 1.54) is 32.8 Å². The van der Waals surface area contributed by atoms with Crippen LogP contribution in [0.1, 0.15) is 113 Å². The highest BCUT2D eigenvalue weighted by atomic mass is 16.5. The second kappa shape index (κ2) is 6.29. The van der Waals surface area contributed by atoms with Gasteiger partial charge < -0.3 is 9.84 Å². The second-order valence-corrected chi connectivity index (χ2v) is 12.8. The molecule has 0 heterocycles. The summed E-state index contributed by atoms with van der Waals surface area (Å²) in [7, 11) is 1.46. The molecule has 0 aliphatic heterocycles. The molecule has 6 unspecified atom stereocenters. The number of carbonyl (C=O) groups excluding carboxylic acids is 1. The first kappa shape index (κ1) is 21.3. The van der Waals surface area contributed by atoms with Crippen molar-refractivity contribution < 1.29 is 14.6 Å². The maximum absolute atomic E-state index is 12.7. The Morgan fingerprint density at radius 3 is 1.58 bits per heavy atom. The summed E-state index contributed by atoms with van der Waals surface area (Å²) in [5.41, 5.74) is 3.42. The summed E-state index contributed by atoms with van der Waals surface area (Å²) in [5.74, 6) is 2.14. The number of fused-ring (bicyclic) bond motifs is 4. The van der Waals surface area contributed by atoms with Gasteiger partial charge in [0.05, 0.1) is 12.7 Å². The molecular formula is C28H40O3. The van der Waals surface area contributed by atoms with Crippen molar-refractivity contribution in [3.8, 4) is 5.75 Å². The van der Waals surface area contributed by atoms with E-state index in [1.807, 2.05) is 12.1 Å². The summed E-state index contributed by atoms with van der Waals surface area (Å²) >= 11 is 0. The molecule has 4 fully saturated rings. The zero-order chi connectivity index (χ0) is 22.6. The van der Waals surface area contributed by atoms with Crippen molar-refractivity contribution in [2.75, 3.05) is 7.11 Å². The van der Waals surface area contributed by atoms with Crippen LogP contribution in [0.5, 0.6) is 5.75 Å². The Balaban J connectivity index is 1.66. The van der Waals surface area contributed by atoms with Gasteiger partial charge in [-0.2, -0.15) is 0 Å². The molecule has 5 rings (SSSR count). The molecule has 0 saturated heterocycles. The average molecular weight is 425 g/mol. The molecule has 0 radical (unpaired) electrons. The van der Waals surface area contributed by atoms with Gasteiger partial charge in [-0.15, -0.1) is 0 Å². The fraction of sp³-hybridized carbons (Fsp3) is 0.750. The van der Waals surface area contributed by atoms with Gasteiger partial charge in [0.2, 0.25) is 0 Å². The molecule has 1 N–H and O–H groups in total. The van der Waals surface area contributed by atoms with E-state index in [-0.39, 0.29) is 27.6 Å². The minimum Gasteiger partial charge on any atom is -0.507 e. The molecule has 1 aromatic rings. The lowest BCUT2D eigenvalue weighted by Gasteiger charge is -2.42. The standard InChI is InChI=1S/C28H40O3/c1-25(2)17-8-10-27(25,5)21(14-17)19-12-16(24(30)31-7)13-20(23(19)29)22-15-18-9-11-28(22,6)26(18,3)4/h12-13,17-18,21-22,29H,8-11,14-15H2,1-7H3. The number of hydrogen-bond acceptors (Lipinski definition) is 3. The van der Waals surface area contributed by atoms with Crippen molar-refractivity contribution >= 4 is 5.97 Å². The maximum Gasteiger partial charge on any atom is 0.337 e. The molecule has 170 valence electrons. The number of methoxy groups -OCH3 is 1. The highest BCUT2D eigenvalue weighted by Crippen LogP contribution is 2.74. The van der Waals surface area contributed by atoms with Crippen LogP contribution in [-0.2, 0) is 4.74 Å². The molecule has 4 bridgehead atoms. The SMILES string of the molecule is COC(=O)c1cc(C2CC3CCC2(C)C3(C)C)c(O)c(C2CC3CCC2(C)C3(C)C)c1. The smallest absolute Gasteiger partial charge is 0.337 e. The zero-order valence-corrected chi connectivity index (χ0v) is 20.5. The van der Waals surface area contributed by atoms with E-state index in [2.05, 4.69) is 41.5 Å². The van der Waals surface area contributed by atoms with Crippen LogP contribution < -0.4 is 0 Å². The van der Waals surface area contributed by atoms with E-state index in [1.54, 1.807) is 0 Å². The lowest BCUT2D eigenvalue weighted by atomic mass is 9.63. The van der Waals surface area contributed by atoms with Gasteiger partial charge in [0.1, 0.15) is 5.75 Å². The summed E-state index contributed by atoms with van der Waals surface area (Å²) in [6, 6.07) is 3.91. The Hall–Kier alpha value is -1.51. The first-order chi connectivity index (χ1) is 14.4. The van der Waals surface area contributed by atoms with Gasteiger partial charge >= 0.3 is 5.97 Å². The number of esters is 1. The molecule has 0 spiro atoms. The van der Waals surface area contributed by atoms with Gasteiger partial charge in [-0.1, -0.05) is 41.5 Å². The fourth-order valence-corrected chi connectivity index (χ4v) is 8.79. The van der Waals surface area contributed by atoms with Gasteiger partial charge in [0.15, 0.2) is 0 Å². The van der Waals surface area contributed by atoms with Crippen molar-refractivity contribution in [1.29, 1.82) is 0 Å². The Labute approximate surface area is 188 Å². The van der Waals surface area contributed by atoms with Crippen LogP contribution in [0.25, 0.3) is 0 Å². The lowest BCUT2D eigenvalue weighted by molar-refractivity contribution is 0.0600. The molecule has 6 atom stereocenters. The van der Waals surface area contributed by atoms with Crippen LogP contribution in [0.15, 0.2) is 12.1 Å². The molecular weight excluding hydrogens is 384 g/mol. The van der Waals surface area contributed by atoms with E-state index in [0.29, 0.717) is 35.0 Å². The molecule has 1 aromatic carbocycles. The number of hydrogen-bond donors (Lipinski definition) is 1. The Morgan fingerprint density at radius 1 is 0.871 bits per heavy atom. The highest BCUT2D eigenvalue weighted by Gasteiger charge is 2.64. The Morgan fingerprint density at radius 2 is 1.29 bits per heavy atom. The first-order valence-corrected chi connectivity index (χ1v) is 12.3. The highest BCUT2D eigenvalue weighted by molar-refractivity contribution is 5.90. The van der Waals surface area contributed by atoms with Crippen LogP contribution in [-0.4, -0.2) is 18.2 Å². The Kier molecular flexibility index (Phi) is 4.33. The third-order valence-corrected chi connectivity index (χ3v) is 11.9. The van der Waals surface area contributed by atoms with Crippen LogP contribution >= 0.6 is 0 Å². The summed E-state index contributed by atoms with van der Waals surface area (Å²) < 4.78 is 5.15. The van der Waals surface area contributed by atoms with Crippen molar-refractivity contribution in [2.45, 2.75) is 91.9 Å². The van der Waals surface area contributed by atoms with Crippen LogP contribution in [0, 0.1) is 33.5 Å². The van der Waals surface area contributed by atoms with E-state index in [9.17, 15) is 9.90 Å². The minimum absolute atomic E-state index is 0.152. The largest absolute Gasteiger partial charge is 0.507 e. The van der Waals surface area contributed by atoms with Crippen molar-refractivity contribution in [1.82, 2.24) is 0 Å². The minimum atomic E-state index is -0.289. The number of phenols is 1. The molecule has 0 aromatic heterocycles. The quantitative estimate of drug-likeness (QED) is 0.529. The molecule has 3 heteroatoms.